The van der Waals surface area contributed by atoms with Gasteiger partial charge >= 0.3 is 0 Å². The molecule has 4 nitrogen and oxygen atoms in total. The average Bonchev–Trinajstić information content (AvgIpc) is 2.80. The summed E-state index contributed by atoms with van der Waals surface area (Å²) >= 11 is 0. The summed E-state index contributed by atoms with van der Waals surface area (Å²) < 4.78 is 0. The number of nitrogens with two attached hydrogens (primary N) is 1. The fraction of sp³-hybridized carbons (Fsp3) is 0.308. The number of hydrogen-bond acceptors (Lipinski definition) is 3. The second kappa shape index (κ2) is 9.23. The lowest BCUT2D eigenvalue weighted by Crippen LogP contribution is -2.43. The van der Waals surface area contributed by atoms with E-state index in [-0.39, 0.29) is 11.3 Å². The largest absolute Gasteiger partial charge is 0.366 e. The first-order valence-electron chi connectivity index (χ1n) is 10.7. The number of carbonyl (C=O) groups is 1. The van der Waals surface area contributed by atoms with Crippen molar-refractivity contribution in [3.05, 3.63) is 101 Å². The van der Waals surface area contributed by atoms with Gasteiger partial charge in [0.25, 0.3) is 0 Å². The number of piperidine rings is 1. The van der Waals surface area contributed by atoms with E-state index in [1.165, 1.54) is 16.8 Å². The van der Waals surface area contributed by atoms with Gasteiger partial charge in [0.05, 0.1) is 0 Å². The van der Waals surface area contributed by atoms with Crippen LogP contribution in [0.5, 0.6) is 0 Å². The van der Waals surface area contributed by atoms with Crippen molar-refractivity contribution in [3.8, 4) is 0 Å². The van der Waals surface area contributed by atoms with Gasteiger partial charge in [0.2, 0.25) is 5.91 Å². The Kier molecular flexibility index (Phi) is 6.24. The molecule has 0 bridgehead atoms. The summed E-state index contributed by atoms with van der Waals surface area (Å²) in [5.74, 6) is -0.377. The first-order valence-corrected chi connectivity index (χ1v) is 10.7. The minimum absolute atomic E-state index is 0.128. The summed E-state index contributed by atoms with van der Waals surface area (Å²) in [5.41, 5.74) is 9.88. The SMILES string of the molecule is NC(=O)c1ccc(CN2CCC(CCc3ccccc3)(c3ccccn3)CC2)cc1. The van der Waals surface area contributed by atoms with E-state index in [1.54, 1.807) is 0 Å². The van der Waals surface area contributed by atoms with Gasteiger partial charge < -0.3 is 5.73 Å². The van der Waals surface area contributed by atoms with E-state index in [0.29, 0.717) is 5.56 Å². The van der Waals surface area contributed by atoms with Gasteiger partial charge in [0.1, 0.15) is 0 Å². The van der Waals surface area contributed by atoms with Gasteiger partial charge in [0.15, 0.2) is 0 Å². The Morgan fingerprint density at radius 1 is 0.900 bits per heavy atom. The van der Waals surface area contributed by atoms with Gasteiger partial charge in [-0.2, -0.15) is 0 Å². The molecule has 0 aliphatic carbocycles. The summed E-state index contributed by atoms with van der Waals surface area (Å²) in [7, 11) is 0. The summed E-state index contributed by atoms with van der Waals surface area (Å²) in [6, 6.07) is 24.7. The van der Waals surface area contributed by atoms with E-state index in [4.69, 9.17) is 10.7 Å². The van der Waals surface area contributed by atoms with Crippen molar-refractivity contribution in [2.24, 2.45) is 5.73 Å². The Balaban J connectivity index is 1.44. The normalized spacial score (nSPS) is 16.3. The highest BCUT2D eigenvalue weighted by Crippen LogP contribution is 2.39. The van der Waals surface area contributed by atoms with E-state index in [9.17, 15) is 4.79 Å². The molecule has 1 fully saturated rings. The van der Waals surface area contributed by atoms with Crippen molar-refractivity contribution >= 4 is 5.91 Å². The van der Waals surface area contributed by atoms with Gasteiger partial charge in [-0.1, -0.05) is 48.5 Å². The summed E-state index contributed by atoms with van der Waals surface area (Å²) in [6.07, 6.45) is 6.33. The third-order valence-electron chi connectivity index (χ3n) is 6.40. The van der Waals surface area contributed by atoms with Crippen LogP contribution in [0.2, 0.25) is 0 Å². The van der Waals surface area contributed by atoms with Gasteiger partial charge in [-0.3, -0.25) is 14.7 Å². The van der Waals surface area contributed by atoms with Gasteiger partial charge in [0, 0.05) is 29.4 Å². The Bertz CT molecular complexity index is 947. The Labute approximate surface area is 178 Å². The van der Waals surface area contributed by atoms with Crippen LogP contribution in [-0.2, 0) is 18.4 Å². The molecular formula is C26H29N3O. The number of hydrogen-bond donors (Lipinski definition) is 1. The number of primary amides is 1. The molecule has 1 amide bonds. The number of aryl methyl sites for hydroxylation is 1. The maximum Gasteiger partial charge on any atom is 0.248 e. The Morgan fingerprint density at radius 2 is 1.60 bits per heavy atom. The molecule has 1 saturated heterocycles. The molecule has 1 aromatic heterocycles. The number of carbonyl (C=O) groups excluding carboxylic acids is 1. The zero-order valence-electron chi connectivity index (χ0n) is 17.3. The average molecular weight is 400 g/mol. The monoisotopic (exact) mass is 399 g/mol. The quantitative estimate of drug-likeness (QED) is 0.643. The molecule has 0 spiro atoms. The van der Waals surface area contributed by atoms with Crippen molar-refractivity contribution in [2.75, 3.05) is 13.1 Å². The third-order valence-corrected chi connectivity index (χ3v) is 6.40. The summed E-state index contributed by atoms with van der Waals surface area (Å²) in [4.78, 5) is 18.5. The van der Waals surface area contributed by atoms with Crippen molar-refractivity contribution in [1.82, 2.24) is 9.88 Å². The van der Waals surface area contributed by atoms with Crippen LogP contribution in [0.1, 0.15) is 46.4 Å². The lowest BCUT2D eigenvalue weighted by molar-refractivity contribution is 0.1000. The standard InChI is InChI=1S/C26H29N3O/c27-25(30)23-11-9-22(10-12-23)20-29-18-15-26(16-19-29,24-8-4-5-17-28-24)14-13-21-6-2-1-3-7-21/h1-12,17H,13-16,18-20H2,(H2,27,30). The van der Waals surface area contributed by atoms with E-state index < -0.39 is 0 Å². The molecular weight excluding hydrogens is 370 g/mol. The number of likely N-dealkylation sites (tertiary alicyclic amines) is 1. The van der Waals surface area contributed by atoms with Crippen molar-refractivity contribution in [1.29, 1.82) is 0 Å². The molecule has 154 valence electrons. The van der Waals surface area contributed by atoms with E-state index >= 15 is 0 Å². The molecule has 2 heterocycles. The Hall–Kier alpha value is -2.98. The summed E-state index contributed by atoms with van der Waals surface area (Å²) in [6.45, 7) is 2.99. The van der Waals surface area contributed by atoms with Crippen LogP contribution in [0.3, 0.4) is 0 Å². The molecule has 0 radical (unpaired) electrons. The highest BCUT2D eigenvalue weighted by atomic mass is 16.1. The van der Waals surface area contributed by atoms with E-state index in [1.807, 2.05) is 36.5 Å². The molecule has 1 aliphatic heterocycles. The maximum atomic E-state index is 11.3. The van der Waals surface area contributed by atoms with Crippen molar-refractivity contribution in [2.45, 2.75) is 37.6 Å². The van der Waals surface area contributed by atoms with Crippen LogP contribution < -0.4 is 5.73 Å². The molecule has 2 aromatic carbocycles. The lowest BCUT2D eigenvalue weighted by Gasteiger charge is -2.42. The molecule has 2 N–H and O–H groups in total. The molecule has 4 heteroatoms. The maximum absolute atomic E-state index is 11.3. The van der Waals surface area contributed by atoms with Crippen LogP contribution >= 0.6 is 0 Å². The van der Waals surface area contributed by atoms with Crippen LogP contribution in [0, 0.1) is 0 Å². The fourth-order valence-electron chi connectivity index (χ4n) is 4.51. The fourth-order valence-corrected chi connectivity index (χ4v) is 4.51. The second-order valence-electron chi connectivity index (χ2n) is 8.32. The van der Waals surface area contributed by atoms with Crippen LogP contribution in [0.25, 0.3) is 0 Å². The lowest BCUT2D eigenvalue weighted by atomic mass is 9.71. The van der Waals surface area contributed by atoms with Crippen LogP contribution in [-0.4, -0.2) is 28.9 Å². The number of rotatable bonds is 7. The molecule has 0 atom stereocenters. The highest BCUT2D eigenvalue weighted by Gasteiger charge is 2.36. The number of pyridine rings is 1. The second-order valence-corrected chi connectivity index (χ2v) is 8.32. The number of nitrogens with zero attached hydrogens (tertiary/aromatic N) is 2. The Morgan fingerprint density at radius 3 is 2.23 bits per heavy atom. The molecule has 30 heavy (non-hydrogen) atoms. The smallest absolute Gasteiger partial charge is 0.248 e. The highest BCUT2D eigenvalue weighted by molar-refractivity contribution is 5.92. The number of aromatic nitrogens is 1. The first kappa shape index (κ1) is 20.3. The predicted octanol–water partition coefficient (Wildman–Crippen LogP) is 4.35. The minimum atomic E-state index is -0.377. The zero-order valence-corrected chi connectivity index (χ0v) is 17.3. The summed E-state index contributed by atoms with van der Waals surface area (Å²) in [5, 5.41) is 0. The van der Waals surface area contributed by atoms with Gasteiger partial charge in [-0.25, -0.2) is 0 Å². The minimum Gasteiger partial charge on any atom is -0.366 e. The van der Waals surface area contributed by atoms with Crippen molar-refractivity contribution < 1.29 is 4.79 Å². The number of amides is 1. The van der Waals surface area contributed by atoms with Crippen LogP contribution in [0.4, 0.5) is 0 Å². The van der Waals surface area contributed by atoms with Gasteiger partial charge in [-0.05, 0) is 74.2 Å². The predicted molar refractivity (Wildman–Crippen MR) is 120 cm³/mol. The first-order chi connectivity index (χ1) is 14.6. The molecule has 4 rings (SSSR count). The molecule has 0 saturated carbocycles. The van der Waals surface area contributed by atoms with E-state index in [0.717, 1.165) is 45.3 Å². The topological polar surface area (TPSA) is 59.2 Å². The van der Waals surface area contributed by atoms with Crippen LogP contribution in [0.15, 0.2) is 79.0 Å². The zero-order chi connectivity index (χ0) is 20.8. The van der Waals surface area contributed by atoms with E-state index in [2.05, 4.69) is 47.4 Å². The molecule has 3 aromatic rings. The molecule has 0 unspecified atom stereocenters. The number of benzene rings is 2. The van der Waals surface area contributed by atoms with Crippen molar-refractivity contribution in [3.63, 3.8) is 0 Å². The third kappa shape index (κ3) is 4.77. The molecule has 1 aliphatic rings. The van der Waals surface area contributed by atoms with Gasteiger partial charge in [-0.15, -0.1) is 0 Å².